The van der Waals surface area contributed by atoms with E-state index in [1.165, 1.54) is 30.7 Å². The summed E-state index contributed by atoms with van der Waals surface area (Å²) in [5.74, 6) is 2.16. The van der Waals surface area contributed by atoms with Gasteiger partial charge in [-0.25, -0.2) is 10.4 Å². The Morgan fingerprint density at radius 1 is 1.09 bits per heavy atom. The summed E-state index contributed by atoms with van der Waals surface area (Å²) in [5, 5.41) is 1.26. The van der Waals surface area contributed by atoms with Crippen LogP contribution in [0.4, 0.5) is 0 Å². The summed E-state index contributed by atoms with van der Waals surface area (Å²) < 4.78 is 0. The summed E-state index contributed by atoms with van der Waals surface area (Å²) in [4.78, 5) is 26.1. The first kappa shape index (κ1) is 13.5. The van der Waals surface area contributed by atoms with E-state index in [0.29, 0.717) is 17.3 Å². The van der Waals surface area contributed by atoms with Gasteiger partial charge in [-0.15, -0.1) is 9.24 Å². The molecule has 0 aromatic carbocycles. The van der Waals surface area contributed by atoms with Crippen LogP contribution in [0.15, 0.2) is 12.2 Å². The van der Waals surface area contributed by atoms with Gasteiger partial charge < -0.3 is 0 Å². The van der Waals surface area contributed by atoms with Gasteiger partial charge >= 0.3 is 0 Å². The van der Waals surface area contributed by atoms with Gasteiger partial charge in [0.15, 0.2) is 0 Å². The average Bonchev–Trinajstić information content (AvgIpc) is 3.39. The molecule has 1 spiro atoms. The van der Waals surface area contributed by atoms with Gasteiger partial charge in [0.05, 0.1) is 17.1 Å². The van der Waals surface area contributed by atoms with Gasteiger partial charge in [0.2, 0.25) is 11.8 Å². The molecule has 0 radical (unpaired) electrons. The van der Waals surface area contributed by atoms with Gasteiger partial charge in [0.25, 0.3) is 0 Å². The smallest absolute Gasteiger partial charge is 0.248 e. The van der Waals surface area contributed by atoms with Crippen LogP contribution >= 0.6 is 9.24 Å². The Balaban J connectivity index is 1.32. The molecule has 7 aliphatic rings. The standard InChI is InChI=1S/C18H23N2O2P/c21-15-12-9-4-5-10(18-8-11(18)14(9)18)13(12)16(22)20(15)19-17(23)6-2-1-3-7-17/h4-5,9-14,19H,1-3,6-8,23H2/t9?,10?,11-,12+,13-,14?,18-/m1/s1. The predicted octanol–water partition coefficient (Wildman–Crippen LogP) is 2.08. The third kappa shape index (κ3) is 1.43. The topological polar surface area (TPSA) is 49.4 Å². The van der Waals surface area contributed by atoms with Gasteiger partial charge in [-0.3, -0.25) is 9.59 Å². The van der Waals surface area contributed by atoms with Gasteiger partial charge in [0.1, 0.15) is 0 Å². The minimum atomic E-state index is -0.174. The van der Waals surface area contributed by atoms with E-state index in [1.807, 2.05) is 0 Å². The first-order valence-corrected chi connectivity index (χ1v) is 9.77. The number of hydrazine groups is 1. The van der Waals surface area contributed by atoms with E-state index in [4.69, 9.17) is 0 Å². The van der Waals surface area contributed by atoms with E-state index in [0.717, 1.165) is 24.7 Å². The molecule has 8 atom stereocenters. The highest BCUT2D eigenvalue weighted by Gasteiger charge is 2.88. The first-order valence-electron chi connectivity index (χ1n) is 9.20. The Morgan fingerprint density at radius 2 is 1.83 bits per heavy atom. The average molecular weight is 330 g/mol. The van der Waals surface area contributed by atoms with E-state index in [-0.39, 0.29) is 28.9 Å². The van der Waals surface area contributed by atoms with Gasteiger partial charge in [-0.2, -0.15) is 0 Å². The van der Waals surface area contributed by atoms with Crippen LogP contribution < -0.4 is 5.43 Å². The maximum absolute atomic E-state index is 13.1. The van der Waals surface area contributed by atoms with Crippen molar-refractivity contribution in [3.05, 3.63) is 12.2 Å². The van der Waals surface area contributed by atoms with Crippen LogP contribution in [0.1, 0.15) is 38.5 Å². The minimum absolute atomic E-state index is 0.0490. The molecule has 4 unspecified atom stereocenters. The van der Waals surface area contributed by atoms with Crippen molar-refractivity contribution in [3.63, 3.8) is 0 Å². The molecule has 1 heterocycles. The Morgan fingerprint density at radius 3 is 2.57 bits per heavy atom. The van der Waals surface area contributed by atoms with Crippen molar-refractivity contribution in [2.75, 3.05) is 0 Å². The van der Waals surface area contributed by atoms with Crippen LogP contribution in [0.2, 0.25) is 0 Å². The molecule has 0 aromatic heterocycles. The van der Waals surface area contributed by atoms with Crippen LogP contribution in [0, 0.1) is 40.9 Å². The van der Waals surface area contributed by atoms with Crippen LogP contribution in [0.3, 0.4) is 0 Å². The molecule has 122 valence electrons. The van der Waals surface area contributed by atoms with Crippen molar-refractivity contribution in [2.24, 2.45) is 40.9 Å². The Kier molecular flexibility index (Phi) is 2.30. The molecule has 1 saturated heterocycles. The number of nitrogens with zero attached hydrogens (tertiary/aromatic N) is 1. The second-order valence-electron chi connectivity index (χ2n) is 8.83. The molecular formula is C18H23N2O2P. The summed E-state index contributed by atoms with van der Waals surface area (Å²) in [6.07, 6.45) is 11.5. The number of carbonyl (C=O) groups excluding carboxylic acids is 2. The van der Waals surface area contributed by atoms with Crippen LogP contribution in [0.25, 0.3) is 0 Å². The lowest BCUT2D eigenvalue weighted by Crippen LogP contribution is -2.54. The van der Waals surface area contributed by atoms with E-state index < -0.39 is 0 Å². The van der Waals surface area contributed by atoms with Crippen molar-refractivity contribution in [1.82, 2.24) is 10.4 Å². The van der Waals surface area contributed by atoms with Crippen molar-refractivity contribution in [1.29, 1.82) is 0 Å². The monoisotopic (exact) mass is 330 g/mol. The maximum Gasteiger partial charge on any atom is 0.248 e. The number of carbonyl (C=O) groups is 2. The second-order valence-corrected chi connectivity index (χ2v) is 9.93. The largest absolute Gasteiger partial charge is 0.273 e. The highest BCUT2D eigenvalue weighted by atomic mass is 31.0. The summed E-state index contributed by atoms with van der Waals surface area (Å²) in [5.41, 5.74) is 3.78. The maximum atomic E-state index is 13.1. The van der Waals surface area contributed by atoms with E-state index >= 15 is 0 Å². The molecule has 1 N–H and O–H groups in total. The lowest BCUT2D eigenvalue weighted by molar-refractivity contribution is -0.145. The molecule has 4 nitrogen and oxygen atoms in total. The van der Waals surface area contributed by atoms with E-state index in [9.17, 15) is 9.59 Å². The molecule has 2 amide bonds. The minimum Gasteiger partial charge on any atom is -0.273 e. The summed E-state index contributed by atoms with van der Waals surface area (Å²) in [6.45, 7) is 0. The fraction of sp³-hybridized carbons (Fsp3) is 0.778. The SMILES string of the molecule is O=C1[C@@H]2C3C=CC(C4[C@H]5C[C@]345)[C@@H]2C(=O)N1NC1(P)CCCCC1. The molecular weight excluding hydrogens is 307 g/mol. The third-order valence-corrected chi connectivity index (χ3v) is 8.61. The fourth-order valence-electron chi connectivity index (χ4n) is 6.70. The summed E-state index contributed by atoms with van der Waals surface area (Å²) in [6, 6.07) is 0. The molecule has 2 bridgehead atoms. The summed E-state index contributed by atoms with van der Waals surface area (Å²) in [7, 11) is 2.89. The number of hydrogen-bond donors (Lipinski definition) is 1. The lowest BCUT2D eigenvalue weighted by Gasteiger charge is -2.42. The molecule has 6 aliphatic carbocycles. The number of nitrogens with one attached hydrogen (secondary N) is 1. The zero-order chi connectivity index (χ0) is 15.6. The Labute approximate surface area is 138 Å². The van der Waals surface area contributed by atoms with Crippen LogP contribution in [-0.2, 0) is 9.59 Å². The molecule has 0 aromatic rings. The van der Waals surface area contributed by atoms with Crippen molar-refractivity contribution < 1.29 is 9.59 Å². The van der Waals surface area contributed by atoms with Gasteiger partial charge in [-0.1, -0.05) is 31.4 Å². The van der Waals surface area contributed by atoms with Crippen molar-refractivity contribution in [2.45, 2.75) is 43.8 Å². The molecule has 7 rings (SSSR count). The Hall–Kier alpha value is -0.730. The number of amides is 2. The van der Waals surface area contributed by atoms with Crippen LogP contribution in [-0.4, -0.2) is 22.1 Å². The van der Waals surface area contributed by atoms with Gasteiger partial charge in [-0.05, 0) is 48.3 Å². The highest BCUT2D eigenvalue weighted by molar-refractivity contribution is 7.18. The molecule has 1 aliphatic heterocycles. The van der Waals surface area contributed by atoms with Crippen LogP contribution in [0.5, 0.6) is 0 Å². The van der Waals surface area contributed by atoms with Gasteiger partial charge in [0, 0.05) is 0 Å². The van der Waals surface area contributed by atoms with E-state index in [1.54, 1.807) is 0 Å². The van der Waals surface area contributed by atoms with E-state index in [2.05, 4.69) is 26.8 Å². The molecule has 23 heavy (non-hydrogen) atoms. The zero-order valence-electron chi connectivity index (χ0n) is 13.2. The number of imide groups is 1. The van der Waals surface area contributed by atoms with Crippen molar-refractivity contribution in [3.8, 4) is 0 Å². The first-order chi connectivity index (χ1) is 11.1. The number of rotatable bonds is 2. The quantitative estimate of drug-likeness (QED) is 0.479. The summed E-state index contributed by atoms with van der Waals surface area (Å²) >= 11 is 0. The fourth-order valence-corrected chi connectivity index (χ4v) is 7.23. The lowest BCUT2D eigenvalue weighted by atomic mass is 9.58. The number of hydrogen-bond acceptors (Lipinski definition) is 3. The zero-order valence-corrected chi connectivity index (χ0v) is 14.4. The molecule has 5 fully saturated rings. The Bertz CT molecular complexity index is 670. The third-order valence-electron chi connectivity index (χ3n) is 7.90. The number of allylic oxidation sites excluding steroid dienone is 2. The normalized spacial score (nSPS) is 53.9. The van der Waals surface area contributed by atoms with Crippen molar-refractivity contribution >= 4 is 21.1 Å². The highest BCUT2D eigenvalue weighted by Crippen LogP contribution is 2.91. The predicted molar refractivity (Wildman–Crippen MR) is 87.6 cm³/mol. The molecule has 4 saturated carbocycles. The molecule has 5 heteroatoms. The second kappa shape index (κ2) is 3.91.